The average molecular weight is 283 g/mol. The smallest absolute Gasteiger partial charge is 0.335 e. The fraction of sp³-hybridized carbons (Fsp3) is 0.273. The van der Waals surface area contributed by atoms with Crippen molar-refractivity contribution >= 4 is 27.4 Å². The third-order valence-electron chi connectivity index (χ3n) is 2.44. The second-order valence-electron chi connectivity index (χ2n) is 3.78. The number of hydrogen-bond acceptors (Lipinski definition) is 5. The van der Waals surface area contributed by atoms with Crippen LogP contribution in [0.2, 0.25) is 0 Å². The Balaban J connectivity index is 3.08. The Bertz CT molecular complexity index is 634. The number of carbonyl (C=O) groups is 1. The van der Waals surface area contributed by atoms with Gasteiger partial charge in [-0.05, 0) is 24.6 Å². The van der Waals surface area contributed by atoms with E-state index in [1.54, 1.807) is 13.0 Å². The van der Waals surface area contributed by atoms with Crippen LogP contribution in [0.1, 0.15) is 23.7 Å². The number of nitriles is 1. The van der Waals surface area contributed by atoms with E-state index in [0.717, 1.165) is 6.07 Å². The number of sulfonamides is 1. The first-order valence-corrected chi connectivity index (χ1v) is 6.90. The van der Waals surface area contributed by atoms with Crippen molar-refractivity contribution in [3.8, 4) is 6.07 Å². The van der Waals surface area contributed by atoms with Crippen molar-refractivity contribution in [3.63, 3.8) is 0 Å². The van der Waals surface area contributed by atoms with Crippen LogP contribution in [0.5, 0.6) is 0 Å². The molecule has 8 heteroatoms. The molecule has 0 fully saturated rings. The molecule has 0 radical (unpaired) electrons. The number of nitrogens with two attached hydrogens (primary N) is 1. The first-order valence-electron chi connectivity index (χ1n) is 5.36. The van der Waals surface area contributed by atoms with E-state index in [4.69, 9.17) is 16.1 Å². The first-order chi connectivity index (χ1) is 8.81. The molecule has 0 bridgehead atoms. The molecule has 0 spiro atoms. The normalized spacial score (nSPS) is 12.4. The maximum Gasteiger partial charge on any atom is 0.335 e. The van der Waals surface area contributed by atoms with Gasteiger partial charge in [0.25, 0.3) is 0 Å². The average Bonchev–Trinajstić information content (AvgIpc) is 2.32. The van der Waals surface area contributed by atoms with Gasteiger partial charge in [0.1, 0.15) is 0 Å². The molecular formula is C11H13N3O4S. The number of nitrogen functional groups attached to an aromatic ring is 1. The van der Waals surface area contributed by atoms with E-state index in [9.17, 15) is 13.2 Å². The highest BCUT2D eigenvalue weighted by atomic mass is 32.2. The molecule has 1 aromatic carbocycles. The van der Waals surface area contributed by atoms with Gasteiger partial charge in [-0.25, -0.2) is 13.2 Å². The summed E-state index contributed by atoms with van der Waals surface area (Å²) in [6, 6.07) is 5.30. The molecule has 7 nitrogen and oxygen atoms in total. The number of carboxylic acid groups (broad SMARTS) is 1. The number of rotatable bonds is 5. The highest BCUT2D eigenvalue weighted by molar-refractivity contribution is 7.93. The third-order valence-corrected chi connectivity index (χ3v) is 4.13. The van der Waals surface area contributed by atoms with Gasteiger partial charge in [-0.2, -0.15) is 5.26 Å². The summed E-state index contributed by atoms with van der Waals surface area (Å²) in [6.07, 6.45) is 0.138. The Kier molecular flexibility index (Phi) is 4.34. The van der Waals surface area contributed by atoms with Crippen molar-refractivity contribution in [1.29, 1.82) is 5.26 Å². The number of carboxylic acids is 1. The monoisotopic (exact) mass is 283 g/mol. The lowest BCUT2D eigenvalue weighted by molar-refractivity contribution is 0.0697. The zero-order valence-electron chi connectivity index (χ0n) is 10.1. The van der Waals surface area contributed by atoms with Gasteiger partial charge in [0.2, 0.25) is 10.0 Å². The van der Waals surface area contributed by atoms with E-state index < -0.39 is 21.2 Å². The van der Waals surface area contributed by atoms with Gasteiger partial charge >= 0.3 is 5.97 Å². The van der Waals surface area contributed by atoms with Crippen molar-refractivity contribution in [2.24, 2.45) is 0 Å². The molecule has 0 aliphatic carbocycles. The van der Waals surface area contributed by atoms with Crippen LogP contribution < -0.4 is 10.5 Å². The van der Waals surface area contributed by atoms with E-state index in [-0.39, 0.29) is 23.4 Å². The van der Waals surface area contributed by atoms with Crippen LogP contribution in [0.25, 0.3) is 0 Å². The number of anilines is 2. The van der Waals surface area contributed by atoms with Crippen molar-refractivity contribution in [2.45, 2.75) is 18.6 Å². The predicted molar refractivity (Wildman–Crippen MR) is 70.0 cm³/mol. The topological polar surface area (TPSA) is 133 Å². The highest BCUT2D eigenvalue weighted by Gasteiger charge is 2.24. The Morgan fingerprint density at radius 2 is 2.21 bits per heavy atom. The van der Waals surface area contributed by atoms with E-state index in [1.165, 1.54) is 12.1 Å². The summed E-state index contributed by atoms with van der Waals surface area (Å²) in [6.45, 7) is 1.57. The zero-order chi connectivity index (χ0) is 14.6. The first kappa shape index (κ1) is 14.8. The molecule has 19 heavy (non-hydrogen) atoms. The summed E-state index contributed by atoms with van der Waals surface area (Å²) in [7, 11) is -3.87. The molecule has 1 rings (SSSR count). The summed E-state index contributed by atoms with van der Waals surface area (Å²) in [4.78, 5) is 10.7. The predicted octanol–water partition coefficient (Wildman–Crippen LogP) is 1.01. The zero-order valence-corrected chi connectivity index (χ0v) is 10.9. The summed E-state index contributed by atoms with van der Waals surface area (Å²) >= 11 is 0. The van der Waals surface area contributed by atoms with Crippen molar-refractivity contribution in [2.75, 3.05) is 10.5 Å². The molecule has 0 aliphatic heterocycles. The standard InChI is InChI=1S/C11H13N3O4S/c1-2-8(6-12)19(17,18)14-10-4-3-7(11(15)16)5-9(10)13/h3-5,8,14H,2,13H2,1H3,(H,15,16). The third kappa shape index (κ3) is 3.35. The van der Waals surface area contributed by atoms with Crippen molar-refractivity contribution in [1.82, 2.24) is 0 Å². The van der Waals surface area contributed by atoms with E-state index in [0.29, 0.717) is 0 Å². The number of aromatic carboxylic acids is 1. The molecule has 1 atom stereocenters. The molecule has 1 unspecified atom stereocenters. The molecule has 0 amide bonds. The van der Waals surface area contributed by atoms with E-state index in [2.05, 4.69) is 4.72 Å². The minimum atomic E-state index is -3.87. The maximum absolute atomic E-state index is 11.8. The van der Waals surface area contributed by atoms with Crippen molar-refractivity contribution in [3.05, 3.63) is 23.8 Å². The van der Waals surface area contributed by atoms with Gasteiger partial charge in [-0.3, -0.25) is 4.72 Å². The molecule has 0 aliphatic rings. The van der Waals surface area contributed by atoms with Gasteiger partial charge in [0.15, 0.2) is 5.25 Å². The van der Waals surface area contributed by atoms with Crippen LogP contribution in [-0.4, -0.2) is 24.7 Å². The summed E-state index contributed by atoms with van der Waals surface area (Å²) < 4.78 is 25.8. The van der Waals surface area contributed by atoms with Crippen LogP contribution in [-0.2, 0) is 10.0 Å². The quantitative estimate of drug-likeness (QED) is 0.690. The van der Waals surface area contributed by atoms with Crippen molar-refractivity contribution < 1.29 is 18.3 Å². The molecule has 0 saturated heterocycles. The van der Waals surface area contributed by atoms with E-state index in [1.807, 2.05) is 0 Å². The van der Waals surface area contributed by atoms with Crippen LogP contribution in [0.4, 0.5) is 11.4 Å². The van der Waals surface area contributed by atoms with Gasteiger partial charge in [-0.15, -0.1) is 0 Å². The number of benzene rings is 1. The molecule has 4 N–H and O–H groups in total. The lowest BCUT2D eigenvalue weighted by atomic mass is 10.2. The van der Waals surface area contributed by atoms with Gasteiger partial charge in [-0.1, -0.05) is 6.92 Å². The Morgan fingerprint density at radius 1 is 1.58 bits per heavy atom. The highest BCUT2D eigenvalue weighted by Crippen LogP contribution is 2.22. The van der Waals surface area contributed by atoms with Crippen LogP contribution in [0.3, 0.4) is 0 Å². The molecule has 0 aromatic heterocycles. The molecule has 0 saturated carbocycles. The fourth-order valence-electron chi connectivity index (χ4n) is 1.39. The van der Waals surface area contributed by atoms with Gasteiger partial charge < -0.3 is 10.8 Å². The van der Waals surface area contributed by atoms with Crippen LogP contribution >= 0.6 is 0 Å². The summed E-state index contributed by atoms with van der Waals surface area (Å²) in [5.41, 5.74) is 5.56. The van der Waals surface area contributed by atoms with E-state index >= 15 is 0 Å². The SMILES string of the molecule is CCC(C#N)S(=O)(=O)Nc1ccc(C(=O)O)cc1N. The summed E-state index contributed by atoms with van der Waals surface area (Å²) in [5, 5.41) is 16.3. The Labute approximate surface area is 110 Å². The lowest BCUT2D eigenvalue weighted by Gasteiger charge is -2.13. The molecule has 1 aromatic rings. The van der Waals surface area contributed by atoms with Gasteiger partial charge in [0.05, 0.1) is 23.0 Å². The maximum atomic E-state index is 11.8. The minimum absolute atomic E-state index is 0.0173. The lowest BCUT2D eigenvalue weighted by Crippen LogP contribution is -2.26. The number of nitrogens with zero attached hydrogens (tertiary/aromatic N) is 1. The summed E-state index contributed by atoms with van der Waals surface area (Å²) in [5.74, 6) is -1.16. The Morgan fingerprint density at radius 3 is 2.63 bits per heavy atom. The minimum Gasteiger partial charge on any atom is -0.478 e. The Hall–Kier alpha value is -2.27. The number of hydrogen-bond donors (Lipinski definition) is 3. The van der Waals surface area contributed by atoms with Crippen LogP contribution in [0.15, 0.2) is 18.2 Å². The number of nitrogens with one attached hydrogen (secondary N) is 1. The fourth-order valence-corrected chi connectivity index (χ4v) is 2.61. The largest absolute Gasteiger partial charge is 0.478 e. The van der Waals surface area contributed by atoms with Gasteiger partial charge in [0, 0.05) is 0 Å². The second-order valence-corrected chi connectivity index (χ2v) is 5.64. The molecular weight excluding hydrogens is 270 g/mol. The van der Waals surface area contributed by atoms with Crippen LogP contribution in [0, 0.1) is 11.3 Å². The molecule has 102 valence electrons. The second kappa shape index (κ2) is 5.58. The molecule has 0 heterocycles.